The third-order valence-corrected chi connectivity index (χ3v) is 5.98. The van der Waals surface area contributed by atoms with Gasteiger partial charge in [-0.05, 0) is 55.1 Å². The number of benzene rings is 2. The highest BCUT2D eigenvalue weighted by Gasteiger charge is 2.25. The van der Waals surface area contributed by atoms with Gasteiger partial charge in [0.05, 0.1) is 18.7 Å². The average Bonchev–Trinajstić information content (AvgIpc) is 3.40. The monoisotopic (exact) mass is 517 g/mol. The normalized spacial score (nSPS) is 12.8. The van der Waals surface area contributed by atoms with Gasteiger partial charge < -0.3 is 20.5 Å². The number of carboxylic acids is 1. The van der Waals surface area contributed by atoms with Crippen LogP contribution in [0.15, 0.2) is 48.7 Å². The van der Waals surface area contributed by atoms with E-state index in [2.05, 4.69) is 26.0 Å². The third-order valence-electron chi connectivity index (χ3n) is 5.74. The van der Waals surface area contributed by atoms with Crippen molar-refractivity contribution in [3.63, 3.8) is 0 Å². The van der Waals surface area contributed by atoms with E-state index in [-0.39, 0.29) is 17.9 Å². The zero-order chi connectivity index (χ0) is 25.9. The Morgan fingerprint density at radius 3 is 2.64 bits per heavy atom. The lowest BCUT2D eigenvalue weighted by molar-refractivity contribution is -0.142. The van der Waals surface area contributed by atoms with E-state index in [1.165, 1.54) is 18.3 Å². The number of aliphatic carboxylic acids is 1. The SMILES string of the molecule is COCCNCC[C@H](C[C@@H](Cc1ccc(-c2cc(Cl)ccc2F)cc1)NC(=O)c1cnn[nH]1)C(=O)O. The van der Waals surface area contributed by atoms with E-state index in [9.17, 15) is 19.1 Å². The number of hydrogen-bond donors (Lipinski definition) is 4. The molecule has 0 aliphatic heterocycles. The van der Waals surface area contributed by atoms with E-state index in [0.29, 0.717) is 48.7 Å². The minimum absolute atomic E-state index is 0.180. The Bertz CT molecular complexity index is 1130. The van der Waals surface area contributed by atoms with Crippen LogP contribution in [0.5, 0.6) is 0 Å². The number of nitrogens with one attached hydrogen (secondary N) is 3. The third kappa shape index (κ3) is 8.11. The smallest absolute Gasteiger partial charge is 0.306 e. The zero-order valence-electron chi connectivity index (χ0n) is 19.8. The molecule has 1 amide bonds. The number of carbonyl (C=O) groups excluding carboxylic acids is 1. The molecule has 4 N–H and O–H groups in total. The summed E-state index contributed by atoms with van der Waals surface area (Å²) in [5.74, 6) is -2.42. The van der Waals surface area contributed by atoms with Crippen molar-refractivity contribution >= 4 is 23.5 Å². The van der Waals surface area contributed by atoms with Crippen molar-refractivity contribution in [2.45, 2.75) is 25.3 Å². The summed E-state index contributed by atoms with van der Waals surface area (Å²) in [6, 6.07) is 11.1. The molecule has 2 atom stereocenters. The Morgan fingerprint density at radius 1 is 1.19 bits per heavy atom. The quantitative estimate of drug-likeness (QED) is 0.241. The first-order chi connectivity index (χ1) is 17.4. The van der Waals surface area contributed by atoms with Crippen molar-refractivity contribution in [2.75, 3.05) is 26.8 Å². The number of methoxy groups -OCH3 is 1. The Balaban J connectivity index is 1.73. The van der Waals surface area contributed by atoms with Crippen LogP contribution in [0, 0.1) is 11.7 Å². The van der Waals surface area contributed by atoms with Crippen molar-refractivity contribution in [3.05, 3.63) is 70.8 Å². The predicted octanol–water partition coefficient (Wildman–Crippen LogP) is 3.32. The van der Waals surface area contributed by atoms with Gasteiger partial charge in [0.15, 0.2) is 0 Å². The molecule has 36 heavy (non-hydrogen) atoms. The summed E-state index contributed by atoms with van der Waals surface area (Å²) in [6.07, 6.45) is 2.30. The fourth-order valence-corrected chi connectivity index (χ4v) is 4.02. The average molecular weight is 518 g/mol. The van der Waals surface area contributed by atoms with E-state index in [4.69, 9.17) is 16.3 Å². The van der Waals surface area contributed by atoms with Crippen LogP contribution in [0.25, 0.3) is 11.1 Å². The summed E-state index contributed by atoms with van der Waals surface area (Å²) in [5.41, 5.74) is 2.09. The van der Waals surface area contributed by atoms with Gasteiger partial charge >= 0.3 is 5.97 Å². The fourth-order valence-electron chi connectivity index (χ4n) is 3.85. The lowest BCUT2D eigenvalue weighted by Crippen LogP contribution is -2.39. The standard InChI is InChI=1S/C25H29ClFN5O4/c1-36-11-10-28-9-8-18(25(34)35)13-20(30-24(33)23-15-29-32-31-23)12-16-2-4-17(5-3-16)21-14-19(26)6-7-22(21)27/h2-7,14-15,18,20,28H,8-13H2,1H3,(H,30,33)(H,34,35)(H,29,31,32)/t18-,20-/m1/s1. The summed E-state index contributed by atoms with van der Waals surface area (Å²) in [4.78, 5) is 24.6. The molecule has 11 heteroatoms. The molecule has 0 saturated carbocycles. The molecule has 3 aromatic rings. The van der Waals surface area contributed by atoms with Gasteiger partial charge in [0.1, 0.15) is 11.5 Å². The van der Waals surface area contributed by atoms with Crippen molar-refractivity contribution in [1.82, 2.24) is 26.0 Å². The maximum atomic E-state index is 14.2. The van der Waals surface area contributed by atoms with Crippen molar-refractivity contribution in [2.24, 2.45) is 5.92 Å². The van der Waals surface area contributed by atoms with Gasteiger partial charge in [0.25, 0.3) is 5.91 Å². The van der Waals surface area contributed by atoms with Gasteiger partial charge in [-0.3, -0.25) is 14.7 Å². The first-order valence-corrected chi connectivity index (χ1v) is 11.9. The van der Waals surface area contributed by atoms with Gasteiger partial charge in [-0.2, -0.15) is 0 Å². The minimum atomic E-state index is -0.933. The zero-order valence-corrected chi connectivity index (χ0v) is 20.6. The fraction of sp³-hybridized carbons (Fsp3) is 0.360. The van der Waals surface area contributed by atoms with Gasteiger partial charge in [-0.1, -0.05) is 41.1 Å². The van der Waals surface area contributed by atoms with Crippen LogP contribution in [-0.4, -0.2) is 65.2 Å². The van der Waals surface area contributed by atoms with Crippen LogP contribution >= 0.6 is 11.6 Å². The number of nitrogens with zero attached hydrogens (tertiary/aromatic N) is 2. The number of aromatic amines is 1. The lowest BCUT2D eigenvalue weighted by Gasteiger charge is -2.23. The Hall–Kier alpha value is -3.34. The largest absolute Gasteiger partial charge is 0.481 e. The molecule has 0 aliphatic carbocycles. The molecular formula is C25H29ClFN5O4. The maximum Gasteiger partial charge on any atom is 0.306 e. The molecule has 1 aromatic heterocycles. The highest BCUT2D eigenvalue weighted by molar-refractivity contribution is 6.30. The molecule has 9 nitrogen and oxygen atoms in total. The molecule has 2 aromatic carbocycles. The van der Waals surface area contributed by atoms with Gasteiger partial charge in [0, 0.05) is 30.3 Å². The molecule has 192 valence electrons. The summed E-state index contributed by atoms with van der Waals surface area (Å²) >= 11 is 6.02. The molecular weight excluding hydrogens is 489 g/mol. The Kier molecular flexibility index (Phi) is 10.3. The molecule has 0 spiro atoms. The molecule has 0 unspecified atom stereocenters. The Morgan fingerprint density at radius 2 is 1.97 bits per heavy atom. The van der Waals surface area contributed by atoms with Crippen LogP contribution in [0.3, 0.4) is 0 Å². The maximum absolute atomic E-state index is 14.2. The molecule has 0 saturated heterocycles. The van der Waals surface area contributed by atoms with Crippen LogP contribution in [0.4, 0.5) is 4.39 Å². The summed E-state index contributed by atoms with van der Waals surface area (Å²) in [7, 11) is 1.60. The number of hydrogen-bond acceptors (Lipinski definition) is 6. The summed E-state index contributed by atoms with van der Waals surface area (Å²) < 4.78 is 19.2. The highest BCUT2D eigenvalue weighted by Crippen LogP contribution is 2.27. The van der Waals surface area contributed by atoms with E-state index >= 15 is 0 Å². The van der Waals surface area contributed by atoms with Crippen molar-refractivity contribution in [3.8, 4) is 11.1 Å². The topological polar surface area (TPSA) is 129 Å². The van der Waals surface area contributed by atoms with Crippen LogP contribution in [0.1, 0.15) is 28.9 Å². The summed E-state index contributed by atoms with van der Waals surface area (Å²) in [5, 5.41) is 25.9. The predicted molar refractivity (Wildman–Crippen MR) is 133 cm³/mol. The van der Waals surface area contributed by atoms with Gasteiger partial charge in [-0.25, -0.2) is 4.39 Å². The number of halogens is 2. The number of aromatic nitrogens is 3. The molecule has 0 bridgehead atoms. The second kappa shape index (κ2) is 13.7. The van der Waals surface area contributed by atoms with Gasteiger partial charge in [0.2, 0.25) is 0 Å². The highest BCUT2D eigenvalue weighted by atomic mass is 35.5. The van der Waals surface area contributed by atoms with Crippen LogP contribution in [-0.2, 0) is 16.0 Å². The first-order valence-electron chi connectivity index (χ1n) is 11.5. The number of H-pyrrole nitrogens is 1. The number of ether oxygens (including phenoxy) is 1. The van der Waals surface area contributed by atoms with Crippen molar-refractivity contribution < 1.29 is 23.8 Å². The van der Waals surface area contributed by atoms with E-state index in [1.807, 2.05) is 12.1 Å². The number of amides is 1. The van der Waals surface area contributed by atoms with Crippen LogP contribution in [0.2, 0.25) is 5.02 Å². The van der Waals surface area contributed by atoms with Gasteiger partial charge in [-0.15, -0.1) is 5.10 Å². The molecule has 0 fully saturated rings. The molecule has 1 heterocycles. The second-order valence-electron chi connectivity index (χ2n) is 8.37. The number of carboxylic acid groups (broad SMARTS) is 1. The number of rotatable bonds is 14. The molecule has 0 aliphatic rings. The number of carbonyl (C=O) groups is 2. The van der Waals surface area contributed by atoms with Crippen molar-refractivity contribution in [1.29, 1.82) is 0 Å². The molecule has 0 radical (unpaired) electrons. The summed E-state index contributed by atoms with van der Waals surface area (Å²) in [6.45, 7) is 1.66. The second-order valence-corrected chi connectivity index (χ2v) is 8.80. The lowest BCUT2D eigenvalue weighted by atomic mass is 9.92. The van der Waals surface area contributed by atoms with E-state index in [0.717, 1.165) is 5.56 Å². The first kappa shape index (κ1) is 27.3. The van der Waals surface area contributed by atoms with Crippen LogP contribution < -0.4 is 10.6 Å². The molecule has 3 rings (SSSR count). The van der Waals surface area contributed by atoms with E-state index in [1.54, 1.807) is 25.3 Å². The van der Waals surface area contributed by atoms with E-state index < -0.39 is 23.8 Å². The Labute approximate surface area is 213 Å². The minimum Gasteiger partial charge on any atom is -0.481 e.